The Morgan fingerprint density at radius 3 is 1.94 bits per heavy atom. The zero-order chi connectivity index (χ0) is 24.0. The maximum atomic E-state index is 13.5. The number of aromatic nitrogens is 2. The molecule has 0 spiro atoms. The molecule has 1 aliphatic heterocycles. The second-order valence-corrected chi connectivity index (χ2v) is 12.1. The first-order valence-electron chi connectivity index (χ1n) is 10.7. The van der Waals surface area contributed by atoms with Crippen molar-refractivity contribution < 1.29 is 16.8 Å². The number of piperazine rings is 1. The van der Waals surface area contributed by atoms with Crippen LogP contribution in [-0.2, 0) is 20.0 Å². The molecule has 3 aromatic rings. The van der Waals surface area contributed by atoms with Crippen LogP contribution in [0.2, 0.25) is 0 Å². The Morgan fingerprint density at radius 1 is 0.758 bits per heavy atom. The van der Waals surface area contributed by atoms with Gasteiger partial charge in [0.2, 0.25) is 20.0 Å². The molecule has 8 nitrogen and oxygen atoms in total. The van der Waals surface area contributed by atoms with Gasteiger partial charge in [0.05, 0.1) is 22.0 Å². The largest absolute Gasteiger partial charge is 0.246 e. The van der Waals surface area contributed by atoms with E-state index in [0.717, 1.165) is 11.3 Å². The van der Waals surface area contributed by atoms with Crippen LogP contribution in [0, 0.1) is 27.7 Å². The van der Waals surface area contributed by atoms with E-state index < -0.39 is 20.0 Å². The molecule has 0 atom stereocenters. The topological polar surface area (TPSA) is 92.6 Å². The number of rotatable bonds is 5. The molecule has 10 heteroatoms. The zero-order valence-corrected chi connectivity index (χ0v) is 20.8. The van der Waals surface area contributed by atoms with Gasteiger partial charge in [-0.1, -0.05) is 30.3 Å². The maximum Gasteiger partial charge on any atom is 0.246 e. The van der Waals surface area contributed by atoms with Crippen LogP contribution in [0.15, 0.2) is 58.3 Å². The summed E-state index contributed by atoms with van der Waals surface area (Å²) < 4.78 is 57.8. The quantitative estimate of drug-likeness (QED) is 0.551. The van der Waals surface area contributed by atoms with Crippen molar-refractivity contribution >= 4 is 20.0 Å². The maximum absolute atomic E-state index is 13.5. The number of hydrogen-bond acceptors (Lipinski definition) is 5. The van der Waals surface area contributed by atoms with Crippen molar-refractivity contribution in [1.29, 1.82) is 0 Å². The number of aryl methyl sites for hydroxylation is 3. The lowest BCUT2D eigenvalue weighted by atomic mass is 10.2. The Kier molecular flexibility index (Phi) is 6.21. The van der Waals surface area contributed by atoms with Gasteiger partial charge < -0.3 is 0 Å². The molecule has 0 radical (unpaired) electrons. The van der Waals surface area contributed by atoms with E-state index in [-0.39, 0.29) is 36.0 Å². The normalized spacial score (nSPS) is 16.2. The fraction of sp³-hybridized carbons (Fsp3) is 0.348. The summed E-state index contributed by atoms with van der Waals surface area (Å²) in [6.45, 7) is 7.40. The molecule has 0 amide bonds. The summed E-state index contributed by atoms with van der Waals surface area (Å²) in [6, 6.07) is 14.7. The lowest BCUT2D eigenvalue weighted by Gasteiger charge is -2.33. The van der Waals surface area contributed by atoms with Crippen molar-refractivity contribution in [2.75, 3.05) is 26.2 Å². The van der Waals surface area contributed by atoms with Gasteiger partial charge in [-0.15, -0.1) is 0 Å². The molecule has 1 aliphatic rings. The first-order valence-corrected chi connectivity index (χ1v) is 13.6. The number of para-hydroxylation sites is 1. The van der Waals surface area contributed by atoms with Gasteiger partial charge in [0, 0.05) is 26.2 Å². The van der Waals surface area contributed by atoms with Crippen molar-refractivity contribution in [3.8, 4) is 5.69 Å². The summed E-state index contributed by atoms with van der Waals surface area (Å²) in [5, 5.41) is 4.46. The van der Waals surface area contributed by atoms with E-state index in [1.807, 2.05) is 43.3 Å². The van der Waals surface area contributed by atoms with Gasteiger partial charge in [-0.25, -0.2) is 21.5 Å². The van der Waals surface area contributed by atoms with Crippen LogP contribution in [-0.4, -0.2) is 61.4 Å². The molecule has 0 bridgehead atoms. The van der Waals surface area contributed by atoms with Crippen LogP contribution >= 0.6 is 0 Å². The second-order valence-electron chi connectivity index (χ2n) is 8.32. The number of nitrogens with zero attached hydrogens (tertiary/aromatic N) is 4. The molecule has 33 heavy (non-hydrogen) atoms. The van der Waals surface area contributed by atoms with Crippen molar-refractivity contribution in [3.63, 3.8) is 0 Å². The minimum Gasteiger partial charge on any atom is -0.236 e. The van der Waals surface area contributed by atoms with Gasteiger partial charge in [0.1, 0.15) is 4.90 Å². The summed E-state index contributed by atoms with van der Waals surface area (Å²) in [7, 11) is -7.53. The molecule has 0 saturated carbocycles. The van der Waals surface area contributed by atoms with Crippen molar-refractivity contribution in [3.05, 3.63) is 71.0 Å². The van der Waals surface area contributed by atoms with Gasteiger partial charge in [-0.05, 0) is 57.0 Å². The van der Waals surface area contributed by atoms with E-state index in [1.54, 1.807) is 37.6 Å². The predicted molar refractivity (Wildman–Crippen MR) is 126 cm³/mol. The molecule has 1 fully saturated rings. The van der Waals surface area contributed by atoms with Gasteiger partial charge in [0.25, 0.3) is 0 Å². The SMILES string of the molecule is Cc1ccc(C)c(S(=O)(=O)N2CCN(S(=O)(=O)c3c(C)nn(-c4ccccc4)c3C)CC2)c1. The van der Waals surface area contributed by atoms with E-state index in [4.69, 9.17) is 0 Å². The third-order valence-electron chi connectivity index (χ3n) is 5.98. The molecule has 1 aromatic heterocycles. The minimum atomic E-state index is -3.83. The summed E-state index contributed by atoms with van der Waals surface area (Å²) in [5.41, 5.74) is 3.27. The smallest absolute Gasteiger partial charge is 0.236 e. The molecular weight excluding hydrogens is 460 g/mol. The minimum absolute atomic E-state index is 0.0851. The molecule has 1 saturated heterocycles. The van der Waals surface area contributed by atoms with E-state index in [2.05, 4.69) is 5.10 Å². The lowest BCUT2D eigenvalue weighted by molar-refractivity contribution is 0.272. The summed E-state index contributed by atoms with van der Waals surface area (Å²) in [5.74, 6) is 0. The molecule has 0 unspecified atom stereocenters. The van der Waals surface area contributed by atoms with E-state index in [9.17, 15) is 16.8 Å². The highest BCUT2D eigenvalue weighted by molar-refractivity contribution is 7.89. The molecule has 0 N–H and O–H groups in total. The Hall–Kier alpha value is -2.53. The number of benzene rings is 2. The molecular formula is C23H28N4O4S2. The second kappa shape index (κ2) is 8.68. The molecule has 2 heterocycles. The molecule has 2 aromatic carbocycles. The highest BCUT2D eigenvalue weighted by Gasteiger charge is 2.37. The Labute approximate surface area is 195 Å². The van der Waals surface area contributed by atoms with Crippen LogP contribution in [0.25, 0.3) is 5.69 Å². The van der Waals surface area contributed by atoms with Crippen molar-refractivity contribution in [2.45, 2.75) is 37.5 Å². The summed E-state index contributed by atoms with van der Waals surface area (Å²) in [6.07, 6.45) is 0. The summed E-state index contributed by atoms with van der Waals surface area (Å²) >= 11 is 0. The van der Waals surface area contributed by atoms with Crippen molar-refractivity contribution in [2.24, 2.45) is 0 Å². The number of hydrogen-bond donors (Lipinski definition) is 0. The van der Waals surface area contributed by atoms with Gasteiger partial charge >= 0.3 is 0 Å². The van der Waals surface area contributed by atoms with Crippen LogP contribution in [0.5, 0.6) is 0 Å². The van der Waals surface area contributed by atoms with Crippen LogP contribution in [0.4, 0.5) is 0 Å². The Morgan fingerprint density at radius 2 is 1.33 bits per heavy atom. The standard InChI is InChI=1S/C23H28N4O4S2/c1-17-10-11-18(2)22(16-17)32(28,29)25-12-14-26(15-13-25)33(30,31)23-19(3)24-27(20(23)4)21-8-6-5-7-9-21/h5-11,16H,12-15H2,1-4H3. The lowest BCUT2D eigenvalue weighted by Crippen LogP contribution is -2.50. The van der Waals surface area contributed by atoms with Gasteiger partial charge in [0.15, 0.2) is 0 Å². The first kappa shape index (κ1) is 23.6. The Bertz CT molecular complexity index is 1390. The van der Waals surface area contributed by atoms with Gasteiger partial charge in [-0.2, -0.15) is 13.7 Å². The van der Waals surface area contributed by atoms with Crippen LogP contribution in [0.3, 0.4) is 0 Å². The highest BCUT2D eigenvalue weighted by atomic mass is 32.2. The van der Waals surface area contributed by atoms with Crippen LogP contribution < -0.4 is 0 Å². The molecule has 176 valence electrons. The zero-order valence-electron chi connectivity index (χ0n) is 19.2. The van der Waals surface area contributed by atoms with Crippen LogP contribution in [0.1, 0.15) is 22.5 Å². The third kappa shape index (κ3) is 4.23. The molecule has 4 rings (SSSR count). The van der Waals surface area contributed by atoms with E-state index in [1.165, 1.54) is 8.61 Å². The first-order chi connectivity index (χ1) is 15.5. The average Bonchev–Trinajstić information content (AvgIpc) is 3.10. The fourth-order valence-electron chi connectivity index (χ4n) is 4.23. The van der Waals surface area contributed by atoms with Gasteiger partial charge in [-0.3, -0.25) is 0 Å². The average molecular weight is 489 g/mol. The van der Waals surface area contributed by atoms with Crippen molar-refractivity contribution in [1.82, 2.24) is 18.4 Å². The Balaban J connectivity index is 1.58. The fourth-order valence-corrected chi connectivity index (χ4v) is 7.73. The third-order valence-corrected chi connectivity index (χ3v) is 10.2. The predicted octanol–water partition coefficient (Wildman–Crippen LogP) is 2.80. The molecule has 0 aliphatic carbocycles. The van der Waals surface area contributed by atoms with E-state index in [0.29, 0.717) is 17.0 Å². The monoisotopic (exact) mass is 488 g/mol. The summed E-state index contributed by atoms with van der Waals surface area (Å²) in [4.78, 5) is 0.451. The van der Waals surface area contributed by atoms with E-state index >= 15 is 0 Å². The highest BCUT2D eigenvalue weighted by Crippen LogP contribution is 2.28. The number of sulfonamides is 2.